The Morgan fingerprint density at radius 1 is 1.24 bits per heavy atom. The van der Waals surface area contributed by atoms with Crippen molar-refractivity contribution < 1.29 is 19.1 Å². The van der Waals surface area contributed by atoms with E-state index in [1.165, 1.54) is 11.2 Å². The Kier molecular flexibility index (Phi) is 6.23. The van der Waals surface area contributed by atoms with E-state index < -0.39 is 23.7 Å². The van der Waals surface area contributed by atoms with Crippen LogP contribution in [0.15, 0.2) is 42.3 Å². The molecule has 0 spiro atoms. The minimum absolute atomic E-state index is 0.391. The Morgan fingerprint density at radius 3 is 2.52 bits per heavy atom. The Hall–Kier alpha value is -2.30. The summed E-state index contributed by atoms with van der Waals surface area (Å²) in [4.78, 5) is 26.6. The zero-order valence-corrected chi connectivity index (χ0v) is 15.5. The predicted octanol–water partition coefficient (Wildman–Crippen LogP) is 4.42. The van der Waals surface area contributed by atoms with Gasteiger partial charge in [-0.2, -0.15) is 0 Å². The molecule has 1 atom stereocenters. The summed E-state index contributed by atoms with van der Waals surface area (Å²) < 4.78 is 10.8. The average molecular weight is 345 g/mol. The van der Waals surface area contributed by atoms with Gasteiger partial charge in [0.2, 0.25) is 0 Å². The number of unbranched alkanes of at least 4 members (excludes halogenated alkanes) is 1. The largest absolute Gasteiger partial charge is 0.443 e. The number of allylic oxidation sites excluding steroid dienone is 1. The third-order valence-corrected chi connectivity index (χ3v) is 3.85. The standard InChI is InChI=1S/C20H27NO4/c1-5-6-12-16-14-24-18(22)17(13-15-10-8-7-9-11-15)21(16)19(23)25-20(2,3)4/h7-11,14,17H,5-6,12-13H2,1-4H3/t17-/m0/s1. The zero-order valence-electron chi connectivity index (χ0n) is 15.5. The summed E-state index contributed by atoms with van der Waals surface area (Å²) in [5.41, 5.74) is 1.03. The first-order valence-electron chi connectivity index (χ1n) is 8.77. The van der Waals surface area contributed by atoms with Crippen molar-refractivity contribution in [1.82, 2.24) is 4.90 Å². The van der Waals surface area contributed by atoms with Crippen LogP contribution in [0.5, 0.6) is 0 Å². The summed E-state index contributed by atoms with van der Waals surface area (Å²) in [5, 5.41) is 0. The van der Waals surface area contributed by atoms with Crippen LogP contribution in [0, 0.1) is 0 Å². The number of rotatable bonds is 5. The van der Waals surface area contributed by atoms with Crippen molar-refractivity contribution in [2.24, 2.45) is 0 Å². The third-order valence-electron chi connectivity index (χ3n) is 3.85. The molecule has 2 rings (SSSR count). The van der Waals surface area contributed by atoms with Crippen LogP contribution in [0.1, 0.15) is 52.5 Å². The fraction of sp³-hybridized carbons (Fsp3) is 0.500. The maximum absolute atomic E-state index is 12.8. The SMILES string of the molecule is CCCCC1=COC(=O)[C@H](Cc2ccccc2)N1C(=O)OC(C)(C)C. The molecular weight excluding hydrogens is 318 g/mol. The molecule has 1 aliphatic rings. The van der Waals surface area contributed by atoms with Gasteiger partial charge in [-0.25, -0.2) is 9.59 Å². The molecule has 5 nitrogen and oxygen atoms in total. The van der Waals surface area contributed by atoms with Gasteiger partial charge in [0, 0.05) is 6.42 Å². The van der Waals surface area contributed by atoms with Crippen LogP contribution in [0.4, 0.5) is 4.79 Å². The van der Waals surface area contributed by atoms with E-state index in [2.05, 4.69) is 6.92 Å². The van der Waals surface area contributed by atoms with Gasteiger partial charge in [0.25, 0.3) is 0 Å². The van der Waals surface area contributed by atoms with E-state index in [0.717, 1.165) is 18.4 Å². The number of carbonyl (C=O) groups excluding carboxylic acids is 2. The topological polar surface area (TPSA) is 55.8 Å². The molecule has 0 fully saturated rings. The first-order valence-corrected chi connectivity index (χ1v) is 8.77. The van der Waals surface area contributed by atoms with Crippen molar-refractivity contribution in [2.75, 3.05) is 0 Å². The van der Waals surface area contributed by atoms with Crippen molar-refractivity contribution >= 4 is 12.1 Å². The van der Waals surface area contributed by atoms with Crippen molar-refractivity contribution in [3.05, 3.63) is 47.9 Å². The Morgan fingerprint density at radius 2 is 1.92 bits per heavy atom. The van der Waals surface area contributed by atoms with Crippen LogP contribution < -0.4 is 0 Å². The fourth-order valence-corrected chi connectivity index (χ4v) is 2.67. The molecule has 0 radical (unpaired) electrons. The van der Waals surface area contributed by atoms with E-state index in [4.69, 9.17) is 9.47 Å². The number of amides is 1. The number of hydrogen-bond donors (Lipinski definition) is 0. The Balaban J connectivity index is 2.30. The molecule has 0 bridgehead atoms. The minimum atomic E-state index is -0.714. The second-order valence-electron chi connectivity index (χ2n) is 7.21. The molecule has 0 saturated heterocycles. The highest BCUT2D eigenvalue weighted by molar-refractivity contribution is 5.85. The molecule has 25 heavy (non-hydrogen) atoms. The molecule has 1 aromatic carbocycles. The van der Waals surface area contributed by atoms with E-state index in [1.54, 1.807) is 0 Å². The number of ether oxygens (including phenoxy) is 2. The number of benzene rings is 1. The van der Waals surface area contributed by atoms with Crippen LogP contribution >= 0.6 is 0 Å². The summed E-state index contributed by atoms with van der Waals surface area (Å²) in [7, 11) is 0. The second kappa shape index (κ2) is 8.19. The van der Waals surface area contributed by atoms with Gasteiger partial charge in [0.1, 0.15) is 17.9 Å². The van der Waals surface area contributed by atoms with Gasteiger partial charge < -0.3 is 9.47 Å². The first-order chi connectivity index (χ1) is 11.8. The number of nitrogens with zero attached hydrogens (tertiary/aromatic N) is 1. The summed E-state index contributed by atoms with van der Waals surface area (Å²) >= 11 is 0. The van der Waals surface area contributed by atoms with E-state index in [0.29, 0.717) is 18.5 Å². The number of esters is 1. The normalized spacial score (nSPS) is 17.8. The van der Waals surface area contributed by atoms with Crippen molar-refractivity contribution in [3.63, 3.8) is 0 Å². The Labute approximate surface area is 149 Å². The quantitative estimate of drug-likeness (QED) is 0.741. The molecule has 0 saturated carbocycles. The summed E-state index contributed by atoms with van der Waals surface area (Å²) in [5.74, 6) is -0.435. The van der Waals surface area contributed by atoms with Gasteiger partial charge in [-0.3, -0.25) is 4.90 Å². The zero-order chi connectivity index (χ0) is 18.4. The van der Waals surface area contributed by atoms with E-state index in [9.17, 15) is 9.59 Å². The van der Waals surface area contributed by atoms with Gasteiger partial charge >= 0.3 is 12.1 Å². The van der Waals surface area contributed by atoms with Gasteiger partial charge in [-0.15, -0.1) is 0 Å². The molecule has 1 aromatic rings. The lowest BCUT2D eigenvalue weighted by Gasteiger charge is -2.36. The smallest absolute Gasteiger partial charge is 0.415 e. The predicted molar refractivity (Wildman–Crippen MR) is 95.7 cm³/mol. The number of cyclic esters (lactones) is 1. The highest BCUT2D eigenvalue weighted by Gasteiger charge is 2.39. The molecule has 5 heteroatoms. The first kappa shape index (κ1) is 19.0. The van der Waals surface area contributed by atoms with E-state index >= 15 is 0 Å². The van der Waals surface area contributed by atoms with Gasteiger partial charge in [-0.1, -0.05) is 43.7 Å². The monoisotopic (exact) mass is 345 g/mol. The summed E-state index contributed by atoms with van der Waals surface area (Å²) in [6.45, 7) is 7.52. The number of hydrogen-bond acceptors (Lipinski definition) is 4. The van der Waals surface area contributed by atoms with Crippen molar-refractivity contribution in [3.8, 4) is 0 Å². The maximum Gasteiger partial charge on any atom is 0.415 e. The lowest BCUT2D eigenvalue weighted by atomic mass is 10.0. The van der Waals surface area contributed by atoms with Crippen LogP contribution in [0.3, 0.4) is 0 Å². The number of carbonyl (C=O) groups is 2. The maximum atomic E-state index is 12.8. The summed E-state index contributed by atoms with van der Waals surface area (Å²) in [6, 6.07) is 8.90. The molecule has 0 aliphatic carbocycles. The van der Waals surface area contributed by atoms with Crippen molar-refractivity contribution in [1.29, 1.82) is 0 Å². The van der Waals surface area contributed by atoms with Crippen LogP contribution in [-0.4, -0.2) is 28.6 Å². The third kappa shape index (κ3) is 5.34. The lowest BCUT2D eigenvalue weighted by molar-refractivity contribution is -0.146. The van der Waals surface area contributed by atoms with Gasteiger partial charge in [0.05, 0.1) is 5.70 Å². The van der Waals surface area contributed by atoms with Crippen LogP contribution in [-0.2, 0) is 20.7 Å². The van der Waals surface area contributed by atoms with Crippen LogP contribution in [0.25, 0.3) is 0 Å². The second-order valence-corrected chi connectivity index (χ2v) is 7.21. The molecule has 0 N–H and O–H groups in total. The molecule has 136 valence electrons. The molecular formula is C20H27NO4. The minimum Gasteiger partial charge on any atom is -0.443 e. The molecule has 0 aromatic heterocycles. The van der Waals surface area contributed by atoms with E-state index in [-0.39, 0.29) is 0 Å². The Bertz CT molecular complexity index is 631. The summed E-state index contributed by atoms with van der Waals surface area (Å²) in [6.07, 6.45) is 3.82. The van der Waals surface area contributed by atoms with Gasteiger partial charge in [-0.05, 0) is 39.2 Å². The molecule has 0 unspecified atom stereocenters. The molecule has 1 aliphatic heterocycles. The van der Waals surface area contributed by atoms with Gasteiger partial charge in [0.15, 0.2) is 0 Å². The highest BCUT2D eigenvalue weighted by Crippen LogP contribution is 2.26. The average Bonchev–Trinajstić information content (AvgIpc) is 2.54. The fourth-order valence-electron chi connectivity index (χ4n) is 2.67. The van der Waals surface area contributed by atoms with E-state index in [1.807, 2.05) is 51.1 Å². The molecule has 1 heterocycles. The highest BCUT2D eigenvalue weighted by atomic mass is 16.6. The lowest BCUT2D eigenvalue weighted by Crippen LogP contribution is -2.50. The molecule has 1 amide bonds. The van der Waals surface area contributed by atoms with Crippen LogP contribution in [0.2, 0.25) is 0 Å². The van der Waals surface area contributed by atoms with Crippen molar-refractivity contribution in [2.45, 2.75) is 65.0 Å².